The van der Waals surface area contributed by atoms with E-state index in [0.717, 1.165) is 19.5 Å². The molecule has 0 aliphatic carbocycles. The van der Waals surface area contributed by atoms with Crippen molar-refractivity contribution in [1.82, 2.24) is 14.7 Å². The van der Waals surface area contributed by atoms with Gasteiger partial charge < -0.3 is 29.1 Å². The van der Waals surface area contributed by atoms with Crippen LogP contribution in [0.2, 0.25) is 0 Å². The van der Waals surface area contributed by atoms with Gasteiger partial charge in [-0.25, -0.2) is 0 Å². The van der Waals surface area contributed by atoms with Gasteiger partial charge in [0, 0.05) is 32.7 Å². The number of amides is 2. The summed E-state index contributed by atoms with van der Waals surface area (Å²) in [4.78, 5) is 48.3. The highest BCUT2D eigenvalue weighted by Crippen LogP contribution is 2.58. The maximum Gasteiger partial charge on any atom is 0.313 e. The third kappa shape index (κ3) is 5.01. The van der Waals surface area contributed by atoms with Gasteiger partial charge in [0.15, 0.2) is 0 Å². The van der Waals surface area contributed by atoms with Gasteiger partial charge in [-0.15, -0.1) is 0 Å². The Morgan fingerprint density at radius 3 is 2.50 bits per heavy atom. The molecular formula is C30H45N3O7. The number of hydrogen-bond donors (Lipinski definition) is 1. The number of carbonyl (C=O) groups excluding carboxylic acids is 3. The van der Waals surface area contributed by atoms with E-state index in [0.29, 0.717) is 52.1 Å². The minimum Gasteiger partial charge on any atom is -0.465 e. The van der Waals surface area contributed by atoms with Crippen molar-refractivity contribution in [2.45, 2.75) is 69.7 Å². The van der Waals surface area contributed by atoms with Gasteiger partial charge >= 0.3 is 5.97 Å². The Labute approximate surface area is 237 Å². The summed E-state index contributed by atoms with van der Waals surface area (Å²) >= 11 is 0. The highest BCUT2D eigenvalue weighted by atomic mass is 16.6. The summed E-state index contributed by atoms with van der Waals surface area (Å²) in [5.74, 6) is -2.60. The molecule has 0 bridgehead atoms. The Morgan fingerprint density at radius 2 is 1.80 bits per heavy atom. The summed E-state index contributed by atoms with van der Waals surface area (Å²) < 4.78 is 18.1. The number of hydrogen-bond acceptors (Lipinski definition) is 8. The van der Waals surface area contributed by atoms with Crippen LogP contribution in [-0.4, -0.2) is 120 Å². The van der Waals surface area contributed by atoms with Crippen molar-refractivity contribution in [1.29, 1.82) is 0 Å². The quantitative estimate of drug-likeness (QED) is 0.351. The minimum absolute atomic E-state index is 0.184. The third-order valence-electron chi connectivity index (χ3n) is 9.29. The summed E-state index contributed by atoms with van der Waals surface area (Å²) in [6.07, 6.45) is 10.2. The molecule has 40 heavy (non-hydrogen) atoms. The molecule has 3 fully saturated rings. The van der Waals surface area contributed by atoms with Crippen LogP contribution in [0.15, 0.2) is 24.3 Å². The maximum atomic E-state index is 14.5. The predicted molar refractivity (Wildman–Crippen MR) is 147 cm³/mol. The lowest BCUT2D eigenvalue weighted by Gasteiger charge is -2.41. The van der Waals surface area contributed by atoms with Crippen LogP contribution in [0.4, 0.5) is 0 Å². The Bertz CT molecular complexity index is 1020. The Morgan fingerprint density at radius 1 is 1.02 bits per heavy atom. The molecule has 5 aliphatic heterocycles. The van der Waals surface area contributed by atoms with Crippen LogP contribution in [0.5, 0.6) is 0 Å². The van der Waals surface area contributed by atoms with Gasteiger partial charge in [0.2, 0.25) is 11.8 Å². The second-order valence-corrected chi connectivity index (χ2v) is 12.2. The first-order valence-electron chi connectivity index (χ1n) is 15.0. The third-order valence-corrected chi connectivity index (χ3v) is 9.29. The number of nitrogens with zero attached hydrogens (tertiary/aromatic N) is 3. The molecule has 5 rings (SSSR count). The number of morpholine rings is 1. The van der Waals surface area contributed by atoms with Crippen molar-refractivity contribution in [2.75, 3.05) is 59.2 Å². The van der Waals surface area contributed by atoms with Crippen LogP contribution < -0.4 is 0 Å². The van der Waals surface area contributed by atoms with Crippen molar-refractivity contribution in [3.8, 4) is 0 Å². The molecule has 1 unspecified atom stereocenters. The van der Waals surface area contributed by atoms with Crippen molar-refractivity contribution in [2.24, 2.45) is 17.8 Å². The first-order chi connectivity index (χ1) is 19.3. The van der Waals surface area contributed by atoms with Crippen molar-refractivity contribution in [3.63, 3.8) is 0 Å². The second kappa shape index (κ2) is 11.9. The summed E-state index contributed by atoms with van der Waals surface area (Å²) in [6.45, 7) is 10.6. The SMILES string of the molecule is CC[C@@]12/C=C\CCCOC(=O)[C@@H]1[C@H]1C(=O)N([C@@H](CO)CC(C)C)C3C(=O)N(CCN4CCOCC4)CC=C[C@@]31O2. The van der Waals surface area contributed by atoms with Crippen LogP contribution in [0.25, 0.3) is 0 Å². The van der Waals surface area contributed by atoms with E-state index in [9.17, 15) is 19.5 Å². The van der Waals surface area contributed by atoms with Crippen LogP contribution >= 0.6 is 0 Å². The summed E-state index contributed by atoms with van der Waals surface area (Å²) in [5, 5.41) is 10.5. The fraction of sp³-hybridized carbons (Fsp3) is 0.767. The molecule has 222 valence electrons. The highest BCUT2D eigenvalue weighted by Gasteiger charge is 2.75. The summed E-state index contributed by atoms with van der Waals surface area (Å²) in [6, 6.07) is -1.55. The van der Waals surface area contributed by atoms with Gasteiger partial charge in [0.1, 0.15) is 23.2 Å². The van der Waals surface area contributed by atoms with Gasteiger partial charge in [-0.2, -0.15) is 0 Å². The highest BCUT2D eigenvalue weighted by molar-refractivity contribution is 5.99. The molecule has 0 saturated carbocycles. The fourth-order valence-corrected chi connectivity index (χ4v) is 7.36. The van der Waals surface area contributed by atoms with Crippen molar-refractivity contribution < 1.29 is 33.7 Å². The number of aliphatic hydroxyl groups is 1. The van der Waals surface area contributed by atoms with Gasteiger partial charge in [-0.05, 0) is 31.6 Å². The molecule has 1 N–H and O–H groups in total. The van der Waals surface area contributed by atoms with Gasteiger partial charge in [0.05, 0.1) is 38.4 Å². The number of ether oxygens (including phenoxy) is 3. The zero-order chi connectivity index (χ0) is 28.5. The smallest absolute Gasteiger partial charge is 0.313 e. The Kier molecular flexibility index (Phi) is 8.71. The second-order valence-electron chi connectivity index (χ2n) is 12.2. The number of cyclic esters (lactones) is 1. The van der Waals surface area contributed by atoms with E-state index in [4.69, 9.17) is 14.2 Å². The molecule has 2 amide bonds. The van der Waals surface area contributed by atoms with Crippen LogP contribution in [0.3, 0.4) is 0 Å². The molecule has 0 aromatic rings. The molecule has 6 atom stereocenters. The van der Waals surface area contributed by atoms with Gasteiger partial charge in [-0.3, -0.25) is 19.3 Å². The summed E-state index contributed by atoms with van der Waals surface area (Å²) in [5.41, 5.74) is -2.40. The number of aliphatic hydroxyl groups excluding tert-OH is 1. The van der Waals surface area contributed by atoms with Crippen LogP contribution in [0, 0.1) is 17.8 Å². The lowest BCUT2D eigenvalue weighted by atomic mass is 9.73. The minimum atomic E-state index is -1.34. The average Bonchev–Trinajstić information content (AvgIpc) is 3.33. The Balaban J connectivity index is 1.57. The zero-order valence-electron chi connectivity index (χ0n) is 24.1. The predicted octanol–water partition coefficient (Wildman–Crippen LogP) is 1.38. The lowest BCUT2D eigenvalue weighted by molar-refractivity contribution is -0.163. The molecule has 10 nitrogen and oxygen atoms in total. The lowest BCUT2D eigenvalue weighted by Crippen LogP contribution is -2.59. The fourth-order valence-electron chi connectivity index (χ4n) is 7.36. The maximum absolute atomic E-state index is 14.5. The summed E-state index contributed by atoms with van der Waals surface area (Å²) in [7, 11) is 0. The first kappa shape index (κ1) is 29.2. The Hall–Kier alpha value is -2.27. The van der Waals surface area contributed by atoms with Crippen LogP contribution in [0.1, 0.15) is 46.5 Å². The molecule has 10 heteroatoms. The normalized spacial score (nSPS) is 36.3. The topological polar surface area (TPSA) is 109 Å². The molecule has 0 aromatic carbocycles. The first-order valence-corrected chi connectivity index (χ1v) is 15.0. The molecule has 0 aromatic heterocycles. The van der Waals surface area contributed by atoms with E-state index in [2.05, 4.69) is 4.90 Å². The van der Waals surface area contributed by atoms with E-state index in [1.165, 1.54) is 0 Å². The molecule has 3 saturated heterocycles. The van der Waals surface area contributed by atoms with E-state index in [-0.39, 0.29) is 30.9 Å². The van der Waals surface area contributed by atoms with Gasteiger partial charge in [0.25, 0.3) is 0 Å². The molecule has 1 spiro atoms. The largest absolute Gasteiger partial charge is 0.465 e. The molecule has 0 radical (unpaired) electrons. The zero-order valence-corrected chi connectivity index (χ0v) is 24.1. The number of fused-ring (bicyclic) bond motifs is 2. The molecular weight excluding hydrogens is 514 g/mol. The number of likely N-dealkylation sites (tertiary alicyclic amines) is 1. The van der Waals surface area contributed by atoms with Crippen molar-refractivity contribution in [3.05, 3.63) is 24.3 Å². The molecule has 5 aliphatic rings. The van der Waals surface area contributed by atoms with Gasteiger partial charge in [-0.1, -0.05) is 45.1 Å². The number of allylic oxidation sites excluding steroid dienone is 1. The van der Waals surface area contributed by atoms with Crippen LogP contribution in [-0.2, 0) is 28.6 Å². The van der Waals surface area contributed by atoms with E-state index < -0.39 is 41.1 Å². The number of carbonyl (C=O) groups is 3. The molecule has 5 heterocycles. The van der Waals surface area contributed by atoms with Crippen molar-refractivity contribution >= 4 is 17.8 Å². The van der Waals surface area contributed by atoms with E-state index in [1.807, 2.05) is 45.1 Å². The standard InChI is InChI=1S/C30H45N3O7/c1-4-29-9-6-5-7-16-39-28(37)24(29)23-26(35)33(22(20-34)19-21(2)3)25-27(36)32(11-8-10-30(23,25)40-29)13-12-31-14-17-38-18-15-31/h6,8-10,21-25,34H,4-5,7,11-20H2,1-3H3/b9-6-/t22-,23+,24+,25?,29-,30+/m1/s1. The van der Waals surface area contributed by atoms with E-state index in [1.54, 1.807) is 9.80 Å². The monoisotopic (exact) mass is 559 g/mol. The number of rotatable bonds is 8. The number of esters is 1. The average molecular weight is 560 g/mol. The van der Waals surface area contributed by atoms with E-state index >= 15 is 0 Å².